The molecule has 4 aromatic rings. The van der Waals surface area contributed by atoms with Gasteiger partial charge in [-0.1, -0.05) is 30.3 Å². The first kappa shape index (κ1) is 25.6. The highest BCUT2D eigenvalue weighted by atomic mass is 19.1. The normalized spacial score (nSPS) is 23.3. The summed E-state index contributed by atoms with van der Waals surface area (Å²) >= 11 is 0. The first-order valence-electron chi connectivity index (χ1n) is 15.3. The Morgan fingerprint density at radius 2 is 1.79 bits per heavy atom. The van der Waals surface area contributed by atoms with Crippen LogP contribution in [-0.4, -0.2) is 55.8 Å². The smallest absolute Gasteiger partial charge is 0.273 e. The molecule has 42 heavy (non-hydrogen) atoms. The van der Waals surface area contributed by atoms with Gasteiger partial charge in [0, 0.05) is 48.8 Å². The van der Waals surface area contributed by atoms with E-state index in [1.54, 1.807) is 22.7 Å². The highest BCUT2D eigenvalue weighted by Gasteiger charge is 2.46. The van der Waals surface area contributed by atoms with E-state index in [1.165, 1.54) is 11.1 Å². The van der Waals surface area contributed by atoms with Gasteiger partial charge in [-0.25, -0.2) is 13.9 Å². The second-order valence-electron chi connectivity index (χ2n) is 12.5. The zero-order chi connectivity index (χ0) is 28.5. The molecule has 0 unspecified atom stereocenters. The summed E-state index contributed by atoms with van der Waals surface area (Å²) < 4.78 is 17.3. The van der Waals surface area contributed by atoms with Gasteiger partial charge in [-0.15, -0.1) is 0 Å². The molecule has 4 aliphatic rings. The average molecular weight is 564 g/mol. The van der Waals surface area contributed by atoms with Crippen LogP contribution in [-0.2, 0) is 11.2 Å². The number of benzene rings is 2. The van der Waals surface area contributed by atoms with Crippen molar-refractivity contribution in [3.63, 3.8) is 0 Å². The molecule has 0 spiro atoms. The van der Waals surface area contributed by atoms with Crippen molar-refractivity contribution >= 4 is 17.5 Å². The van der Waals surface area contributed by atoms with Crippen LogP contribution in [0, 0.1) is 11.7 Å². The van der Waals surface area contributed by atoms with Crippen LogP contribution < -0.4 is 0 Å². The SMILES string of the molecule is C[C@@H]1c2ccccc2CCN1C(=O)c1cc(C2CC2)n2nc(-c3ccc([C@H]4C[C@@H]4C(=O)N4CCCC4)cc3F)cc2n1. The number of rotatable bonds is 5. The van der Waals surface area contributed by atoms with Crippen LogP contribution in [0.25, 0.3) is 16.9 Å². The van der Waals surface area contributed by atoms with E-state index in [0.29, 0.717) is 35.1 Å². The summed E-state index contributed by atoms with van der Waals surface area (Å²) in [6.07, 6.45) is 5.84. The number of hydrogen-bond acceptors (Lipinski definition) is 4. The molecule has 2 aliphatic heterocycles. The summed E-state index contributed by atoms with van der Waals surface area (Å²) in [6.45, 7) is 4.42. The molecule has 2 saturated carbocycles. The molecule has 2 aromatic heterocycles. The fourth-order valence-corrected chi connectivity index (χ4v) is 7.08. The van der Waals surface area contributed by atoms with Crippen molar-refractivity contribution in [1.29, 1.82) is 0 Å². The third kappa shape index (κ3) is 4.30. The number of carbonyl (C=O) groups is 2. The van der Waals surface area contributed by atoms with E-state index in [1.807, 2.05) is 34.1 Å². The maximum atomic E-state index is 15.5. The van der Waals surface area contributed by atoms with Crippen molar-refractivity contribution in [3.05, 3.63) is 88.5 Å². The standard InChI is InChI=1S/C34H34FN5O2/c1-20-24-7-3-2-6-21(24)12-15-39(20)34(42)30-18-31(22-8-9-22)40-32(36-30)19-29(37-40)25-11-10-23(16-28(25)35)26-17-27(26)33(41)38-13-4-5-14-38/h2-3,6-7,10-11,16,18-20,22,26-27H,4-5,8-9,12-15,17H2,1H3/t20-,26-,27+/m1/s1. The van der Waals surface area contributed by atoms with Gasteiger partial charge in [0.2, 0.25) is 5.91 Å². The van der Waals surface area contributed by atoms with Crippen LogP contribution >= 0.6 is 0 Å². The summed E-state index contributed by atoms with van der Waals surface area (Å²) in [5, 5.41) is 4.78. The Labute approximate surface area is 244 Å². The minimum atomic E-state index is -0.347. The number of hydrogen-bond donors (Lipinski definition) is 0. The van der Waals surface area contributed by atoms with Gasteiger partial charge in [0.05, 0.1) is 11.7 Å². The summed E-state index contributed by atoms with van der Waals surface area (Å²) in [4.78, 5) is 35.2. The Kier molecular flexibility index (Phi) is 5.95. The number of halogens is 1. The number of amides is 2. The lowest BCUT2D eigenvalue weighted by molar-refractivity contribution is -0.131. The lowest BCUT2D eigenvalue weighted by Crippen LogP contribution is -2.39. The van der Waals surface area contributed by atoms with E-state index in [2.05, 4.69) is 19.1 Å². The Bertz CT molecular complexity index is 1740. The van der Waals surface area contributed by atoms with Crippen LogP contribution in [0.2, 0.25) is 0 Å². The van der Waals surface area contributed by atoms with Crippen LogP contribution in [0.5, 0.6) is 0 Å². The van der Waals surface area contributed by atoms with Gasteiger partial charge in [-0.3, -0.25) is 9.59 Å². The van der Waals surface area contributed by atoms with E-state index in [4.69, 9.17) is 10.1 Å². The number of likely N-dealkylation sites (tertiary alicyclic amines) is 1. The van der Waals surface area contributed by atoms with Gasteiger partial charge in [0.25, 0.3) is 5.91 Å². The molecule has 3 fully saturated rings. The number of nitrogens with zero attached hydrogens (tertiary/aromatic N) is 5. The third-order valence-corrected chi connectivity index (χ3v) is 9.75. The molecule has 8 rings (SSSR count). The predicted molar refractivity (Wildman–Crippen MR) is 157 cm³/mol. The molecule has 4 heterocycles. The molecule has 0 bridgehead atoms. The van der Waals surface area contributed by atoms with Crippen LogP contribution in [0.15, 0.2) is 54.6 Å². The van der Waals surface area contributed by atoms with Crippen LogP contribution in [0.4, 0.5) is 4.39 Å². The maximum Gasteiger partial charge on any atom is 0.273 e. The molecule has 2 aliphatic carbocycles. The summed E-state index contributed by atoms with van der Waals surface area (Å²) in [7, 11) is 0. The Morgan fingerprint density at radius 1 is 0.976 bits per heavy atom. The van der Waals surface area contributed by atoms with E-state index in [-0.39, 0.29) is 35.5 Å². The van der Waals surface area contributed by atoms with E-state index in [0.717, 1.165) is 62.9 Å². The molecule has 1 saturated heterocycles. The second-order valence-corrected chi connectivity index (χ2v) is 12.5. The molecule has 8 heteroatoms. The van der Waals surface area contributed by atoms with Gasteiger partial charge < -0.3 is 9.80 Å². The quantitative estimate of drug-likeness (QED) is 0.303. The summed E-state index contributed by atoms with van der Waals surface area (Å²) in [5.41, 5.74) is 6.19. The predicted octanol–water partition coefficient (Wildman–Crippen LogP) is 5.90. The molecule has 214 valence electrons. The zero-order valence-electron chi connectivity index (χ0n) is 23.8. The molecule has 0 N–H and O–H groups in total. The fraction of sp³-hybridized carbons (Fsp3) is 0.412. The number of fused-ring (bicyclic) bond motifs is 2. The molecule has 2 amide bonds. The molecule has 3 atom stereocenters. The molecule has 0 radical (unpaired) electrons. The number of carbonyl (C=O) groups excluding carboxylic acids is 2. The monoisotopic (exact) mass is 563 g/mol. The molecule has 2 aromatic carbocycles. The summed E-state index contributed by atoms with van der Waals surface area (Å²) in [6, 6.07) is 17.2. The van der Waals surface area contributed by atoms with Crippen LogP contribution in [0.3, 0.4) is 0 Å². The van der Waals surface area contributed by atoms with Crippen molar-refractivity contribution in [2.45, 2.75) is 63.3 Å². The highest BCUT2D eigenvalue weighted by Crippen LogP contribution is 2.49. The maximum absolute atomic E-state index is 15.5. The average Bonchev–Trinajstić information content (AvgIpc) is 3.91. The van der Waals surface area contributed by atoms with E-state index >= 15 is 4.39 Å². The minimum Gasteiger partial charge on any atom is -0.342 e. The van der Waals surface area contributed by atoms with Gasteiger partial charge >= 0.3 is 0 Å². The van der Waals surface area contributed by atoms with Crippen molar-refractivity contribution < 1.29 is 14.0 Å². The summed E-state index contributed by atoms with van der Waals surface area (Å²) in [5.74, 6) is 0.169. The topological polar surface area (TPSA) is 70.8 Å². The van der Waals surface area contributed by atoms with E-state index < -0.39 is 0 Å². The van der Waals surface area contributed by atoms with E-state index in [9.17, 15) is 9.59 Å². The van der Waals surface area contributed by atoms with Crippen molar-refractivity contribution in [1.82, 2.24) is 24.4 Å². The van der Waals surface area contributed by atoms with Crippen LogP contribution in [0.1, 0.15) is 89.8 Å². The Hall–Kier alpha value is -4.07. The van der Waals surface area contributed by atoms with Crippen molar-refractivity contribution in [2.75, 3.05) is 19.6 Å². The first-order valence-corrected chi connectivity index (χ1v) is 15.3. The van der Waals surface area contributed by atoms with Gasteiger partial charge in [-0.2, -0.15) is 5.10 Å². The lowest BCUT2D eigenvalue weighted by atomic mass is 9.93. The van der Waals surface area contributed by atoms with Gasteiger partial charge in [-0.05, 0) is 86.3 Å². The van der Waals surface area contributed by atoms with Gasteiger partial charge in [0.15, 0.2) is 5.65 Å². The number of aromatic nitrogens is 3. The van der Waals surface area contributed by atoms with Gasteiger partial charge in [0.1, 0.15) is 11.5 Å². The fourth-order valence-electron chi connectivity index (χ4n) is 7.08. The first-order chi connectivity index (χ1) is 20.5. The highest BCUT2D eigenvalue weighted by molar-refractivity contribution is 5.93. The molecular weight excluding hydrogens is 529 g/mol. The van der Waals surface area contributed by atoms with Crippen molar-refractivity contribution in [2.24, 2.45) is 5.92 Å². The Morgan fingerprint density at radius 3 is 2.57 bits per heavy atom. The zero-order valence-corrected chi connectivity index (χ0v) is 23.8. The molecule has 7 nitrogen and oxygen atoms in total. The second kappa shape index (κ2) is 9.75. The largest absolute Gasteiger partial charge is 0.342 e. The minimum absolute atomic E-state index is 0.0269. The van der Waals surface area contributed by atoms with Crippen molar-refractivity contribution in [3.8, 4) is 11.3 Å². The Balaban J connectivity index is 1.08. The molecular formula is C34H34FN5O2. The lowest BCUT2D eigenvalue weighted by Gasteiger charge is -2.35. The third-order valence-electron chi connectivity index (χ3n) is 9.75.